The fourth-order valence-corrected chi connectivity index (χ4v) is 4.82. The third-order valence-electron chi connectivity index (χ3n) is 5.80. The van der Waals surface area contributed by atoms with Crippen LogP contribution in [0.25, 0.3) is 5.57 Å². The molecule has 2 aliphatic carbocycles. The molecular formula is C23H20ClF5N6OS. The van der Waals surface area contributed by atoms with Crippen molar-refractivity contribution in [2.45, 2.75) is 53.5 Å². The van der Waals surface area contributed by atoms with Crippen LogP contribution >= 0.6 is 23.4 Å². The smallest absolute Gasteiger partial charge is 0.404 e. The molecule has 1 aromatic carbocycles. The molecule has 0 atom stereocenters. The van der Waals surface area contributed by atoms with Crippen molar-refractivity contribution < 1.29 is 26.7 Å². The van der Waals surface area contributed by atoms with Gasteiger partial charge in [-0.25, -0.2) is 9.67 Å². The third-order valence-corrected chi connectivity index (χ3v) is 7.55. The largest absolute Gasteiger partial charge is 0.459 e. The molecule has 0 bridgehead atoms. The number of carbonyl (C=O) groups is 1. The first-order valence-electron chi connectivity index (χ1n) is 11.0. The van der Waals surface area contributed by atoms with Gasteiger partial charge >= 0.3 is 12.1 Å². The number of hydrogen-bond donors (Lipinski definition) is 2. The highest BCUT2D eigenvalue weighted by Gasteiger charge is 2.62. The summed E-state index contributed by atoms with van der Waals surface area (Å²) < 4.78 is 68.7. The van der Waals surface area contributed by atoms with Crippen LogP contribution in [0.15, 0.2) is 34.3 Å². The van der Waals surface area contributed by atoms with Crippen LogP contribution in [0.2, 0.25) is 5.02 Å². The highest BCUT2D eigenvalue weighted by molar-refractivity contribution is 8.00. The topological polar surface area (TPSA) is 109 Å². The van der Waals surface area contributed by atoms with Crippen LogP contribution in [0.4, 0.5) is 27.8 Å². The Morgan fingerprint density at radius 1 is 1.35 bits per heavy atom. The lowest BCUT2D eigenvalue weighted by Crippen LogP contribution is -2.35. The van der Waals surface area contributed by atoms with Gasteiger partial charge in [-0.2, -0.15) is 32.3 Å². The van der Waals surface area contributed by atoms with Crippen LogP contribution < -0.4 is 11.1 Å². The predicted molar refractivity (Wildman–Crippen MR) is 129 cm³/mol. The maximum Gasteiger partial charge on any atom is 0.459 e. The molecule has 1 heterocycles. The SMILES string of the molecule is Cn1nc(C(F)(F)C(F)(F)F)c(SC2CC2)c1N=CC(=CN)c1ccc(Cl)c(C(=O)NC2(C#N)CC2)c1. The Hall–Kier alpha value is -3.11. The second-order valence-corrected chi connectivity index (χ2v) is 10.5. The summed E-state index contributed by atoms with van der Waals surface area (Å²) in [6, 6.07) is 6.44. The van der Waals surface area contributed by atoms with Gasteiger partial charge in [0, 0.05) is 30.3 Å². The zero-order valence-corrected chi connectivity index (χ0v) is 20.8. The summed E-state index contributed by atoms with van der Waals surface area (Å²) in [4.78, 5) is 16.5. The van der Waals surface area contributed by atoms with E-state index in [0.717, 1.165) is 22.6 Å². The van der Waals surface area contributed by atoms with Gasteiger partial charge < -0.3 is 11.1 Å². The van der Waals surface area contributed by atoms with Crippen molar-refractivity contribution >= 4 is 46.9 Å². The molecule has 2 saturated carbocycles. The summed E-state index contributed by atoms with van der Waals surface area (Å²) in [6.45, 7) is 0. The van der Waals surface area contributed by atoms with E-state index in [2.05, 4.69) is 15.4 Å². The minimum absolute atomic E-state index is 0.0751. The number of amides is 1. The van der Waals surface area contributed by atoms with E-state index in [1.165, 1.54) is 31.5 Å². The number of aromatic nitrogens is 2. The van der Waals surface area contributed by atoms with Crippen LogP contribution in [-0.4, -0.2) is 38.9 Å². The molecule has 2 aromatic rings. The number of thioether (sulfide) groups is 1. The average Bonchev–Trinajstić information content (AvgIpc) is 3.76. The van der Waals surface area contributed by atoms with Gasteiger partial charge in [0.2, 0.25) is 0 Å². The van der Waals surface area contributed by atoms with Crippen molar-refractivity contribution in [3.05, 3.63) is 46.2 Å². The van der Waals surface area contributed by atoms with Gasteiger partial charge in [0.1, 0.15) is 5.54 Å². The van der Waals surface area contributed by atoms with Crippen LogP contribution in [0.3, 0.4) is 0 Å². The van der Waals surface area contributed by atoms with Gasteiger partial charge in [-0.1, -0.05) is 17.7 Å². The number of hydrogen-bond acceptors (Lipinski definition) is 6. The highest BCUT2D eigenvalue weighted by Crippen LogP contribution is 2.52. The van der Waals surface area contributed by atoms with Gasteiger partial charge in [0.25, 0.3) is 5.91 Å². The van der Waals surface area contributed by atoms with Crippen molar-refractivity contribution in [3.8, 4) is 6.07 Å². The molecule has 2 fully saturated rings. The molecule has 0 unspecified atom stereocenters. The molecule has 0 spiro atoms. The lowest BCUT2D eigenvalue weighted by atomic mass is 10.0. The lowest BCUT2D eigenvalue weighted by molar-refractivity contribution is -0.292. The second kappa shape index (κ2) is 9.64. The maximum absolute atomic E-state index is 14.3. The Balaban J connectivity index is 1.67. The number of nitrogens with zero attached hydrogens (tertiary/aromatic N) is 4. The van der Waals surface area contributed by atoms with Crippen LogP contribution in [-0.2, 0) is 13.0 Å². The van der Waals surface area contributed by atoms with E-state index >= 15 is 0 Å². The van der Waals surface area contributed by atoms with Crippen molar-refractivity contribution in [2.24, 2.45) is 17.8 Å². The molecule has 0 radical (unpaired) electrons. The molecule has 0 saturated heterocycles. The number of nitrogens with two attached hydrogens (primary N) is 1. The number of carbonyl (C=O) groups excluding carboxylic acids is 1. The average molecular weight is 559 g/mol. The summed E-state index contributed by atoms with van der Waals surface area (Å²) >= 11 is 7.06. The summed E-state index contributed by atoms with van der Waals surface area (Å²) in [5, 5.41) is 15.3. The minimum atomic E-state index is -5.83. The van der Waals surface area contributed by atoms with E-state index < -0.39 is 29.2 Å². The van der Waals surface area contributed by atoms with Gasteiger partial charge in [-0.15, -0.1) is 11.8 Å². The number of aliphatic imine (C=N–C) groups is 1. The Kier molecular flexibility index (Phi) is 7.02. The number of rotatable bonds is 8. The zero-order valence-electron chi connectivity index (χ0n) is 19.2. The van der Waals surface area contributed by atoms with E-state index in [-0.39, 0.29) is 32.1 Å². The fourth-order valence-electron chi connectivity index (χ4n) is 3.34. The second-order valence-electron chi connectivity index (χ2n) is 8.74. The van der Waals surface area contributed by atoms with Crippen molar-refractivity contribution in [3.63, 3.8) is 0 Å². The number of benzene rings is 1. The van der Waals surface area contributed by atoms with Gasteiger partial charge in [-0.05, 0) is 43.4 Å². The number of allylic oxidation sites excluding steroid dienone is 1. The van der Waals surface area contributed by atoms with E-state index in [1.54, 1.807) is 0 Å². The van der Waals surface area contributed by atoms with Crippen molar-refractivity contribution in [1.82, 2.24) is 15.1 Å². The summed E-state index contributed by atoms with van der Waals surface area (Å²) in [5.74, 6) is -5.91. The van der Waals surface area contributed by atoms with Gasteiger partial charge in [0.05, 0.1) is 21.6 Å². The quantitative estimate of drug-likeness (QED) is 0.330. The van der Waals surface area contributed by atoms with E-state index in [9.17, 15) is 32.0 Å². The number of halogens is 6. The maximum atomic E-state index is 14.3. The Bertz CT molecular complexity index is 1340. The van der Waals surface area contributed by atoms with Gasteiger partial charge in [0.15, 0.2) is 11.5 Å². The minimum Gasteiger partial charge on any atom is -0.404 e. The summed E-state index contributed by atoms with van der Waals surface area (Å²) in [6.07, 6.45) is -1.10. The number of nitriles is 1. The molecule has 1 aromatic heterocycles. The Labute approximate surface area is 217 Å². The molecule has 14 heteroatoms. The molecular weight excluding hydrogens is 539 g/mol. The van der Waals surface area contributed by atoms with Crippen LogP contribution in [0, 0.1) is 11.3 Å². The number of aryl methyl sites for hydroxylation is 1. The van der Waals surface area contributed by atoms with E-state index in [0.29, 0.717) is 31.2 Å². The van der Waals surface area contributed by atoms with E-state index in [1.807, 2.05) is 6.07 Å². The van der Waals surface area contributed by atoms with Crippen molar-refractivity contribution in [1.29, 1.82) is 5.26 Å². The fraction of sp³-hybridized carbons (Fsp3) is 0.391. The van der Waals surface area contributed by atoms with Crippen LogP contribution in [0.5, 0.6) is 0 Å². The molecule has 196 valence electrons. The van der Waals surface area contributed by atoms with Gasteiger partial charge in [-0.3, -0.25) is 4.79 Å². The molecule has 2 aliphatic rings. The molecule has 7 nitrogen and oxygen atoms in total. The Morgan fingerprint density at radius 2 is 2.03 bits per heavy atom. The Morgan fingerprint density at radius 3 is 2.57 bits per heavy atom. The third kappa shape index (κ3) is 5.45. The molecule has 4 rings (SSSR count). The first kappa shape index (κ1) is 26.9. The standard InChI is InChI=1S/C23H20ClF5N6OS/c1-35-19(17(37-14-3-4-14)18(34-35)22(25,26)23(27,28)29)32-10-13(9-30)12-2-5-16(24)15(8-12)20(36)33-21(11-31)6-7-21/h2,5,8-10,14H,3-4,6-7,30H2,1H3,(H,33,36). The number of alkyl halides is 5. The molecule has 0 aliphatic heterocycles. The number of nitrogens with one attached hydrogen (secondary N) is 1. The van der Waals surface area contributed by atoms with Crippen molar-refractivity contribution in [2.75, 3.05) is 0 Å². The molecule has 3 N–H and O–H groups in total. The summed E-state index contributed by atoms with van der Waals surface area (Å²) in [7, 11) is 1.22. The van der Waals surface area contributed by atoms with Crippen LogP contribution in [0.1, 0.15) is 47.3 Å². The first-order chi connectivity index (χ1) is 17.3. The summed E-state index contributed by atoms with van der Waals surface area (Å²) in [5.41, 5.74) is 4.10. The zero-order chi connectivity index (χ0) is 27.2. The lowest BCUT2D eigenvalue weighted by Gasteiger charge is -2.18. The highest BCUT2D eigenvalue weighted by atomic mass is 35.5. The normalized spacial score (nSPS) is 17.6. The molecule has 1 amide bonds. The van der Waals surface area contributed by atoms with E-state index in [4.69, 9.17) is 17.3 Å². The predicted octanol–water partition coefficient (Wildman–Crippen LogP) is 5.47. The first-order valence-corrected chi connectivity index (χ1v) is 12.3. The monoisotopic (exact) mass is 558 g/mol. The molecule has 37 heavy (non-hydrogen) atoms.